The van der Waals surface area contributed by atoms with Gasteiger partial charge in [-0.05, 0) is 48.4 Å². The Balaban J connectivity index is 1.81. The van der Waals surface area contributed by atoms with Crippen LogP contribution in [-0.2, 0) is 13.6 Å². The standard InChI is InChI=1S/C13H15BrFN5/c1-19-17-13(16-18-19)8-20-4-2-3-12(20)9-5-10(14)7-11(15)6-9/h5-7,12H,2-4,8H2,1H3/t12-/m1/s1. The van der Waals surface area contributed by atoms with Crippen LogP contribution in [0.4, 0.5) is 4.39 Å². The molecule has 0 unspecified atom stereocenters. The maximum atomic E-state index is 13.6. The fraction of sp³-hybridized carbons (Fsp3) is 0.462. The first kappa shape index (κ1) is 13.6. The average molecular weight is 340 g/mol. The monoisotopic (exact) mass is 339 g/mol. The maximum absolute atomic E-state index is 13.6. The first-order valence-corrected chi connectivity index (χ1v) is 7.34. The van der Waals surface area contributed by atoms with E-state index in [1.54, 1.807) is 13.1 Å². The molecule has 1 fully saturated rings. The van der Waals surface area contributed by atoms with E-state index in [1.165, 1.54) is 10.9 Å². The van der Waals surface area contributed by atoms with Crippen molar-refractivity contribution >= 4 is 15.9 Å². The highest BCUT2D eigenvalue weighted by atomic mass is 79.9. The van der Waals surface area contributed by atoms with Crippen LogP contribution in [-0.4, -0.2) is 31.7 Å². The fourth-order valence-corrected chi connectivity index (χ4v) is 3.21. The summed E-state index contributed by atoms with van der Waals surface area (Å²) in [6.07, 6.45) is 2.12. The Kier molecular flexibility index (Phi) is 3.80. The summed E-state index contributed by atoms with van der Waals surface area (Å²) in [5.41, 5.74) is 0.998. The highest BCUT2D eigenvalue weighted by Crippen LogP contribution is 2.34. The second kappa shape index (κ2) is 5.57. The van der Waals surface area contributed by atoms with Gasteiger partial charge in [0.2, 0.25) is 0 Å². The summed E-state index contributed by atoms with van der Waals surface area (Å²) in [6, 6.07) is 5.28. The zero-order valence-corrected chi connectivity index (χ0v) is 12.7. The predicted octanol–water partition coefficient (Wildman–Crippen LogP) is 2.45. The summed E-state index contributed by atoms with van der Waals surface area (Å²) in [5.74, 6) is 0.494. The topological polar surface area (TPSA) is 46.8 Å². The number of tetrazole rings is 1. The lowest BCUT2D eigenvalue weighted by Gasteiger charge is -2.23. The molecule has 1 aromatic heterocycles. The molecule has 1 atom stereocenters. The van der Waals surface area contributed by atoms with Crippen molar-refractivity contribution in [2.24, 2.45) is 7.05 Å². The Morgan fingerprint density at radius 3 is 2.95 bits per heavy atom. The zero-order valence-electron chi connectivity index (χ0n) is 11.1. The number of halogens is 2. The maximum Gasteiger partial charge on any atom is 0.188 e. The molecule has 2 aromatic rings. The third-order valence-electron chi connectivity index (χ3n) is 3.53. The van der Waals surface area contributed by atoms with Crippen LogP contribution >= 0.6 is 15.9 Å². The highest BCUT2D eigenvalue weighted by Gasteiger charge is 2.27. The predicted molar refractivity (Wildman–Crippen MR) is 75.3 cm³/mol. The molecule has 0 radical (unpaired) electrons. The summed E-state index contributed by atoms with van der Waals surface area (Å²) >= 11 is 3.35. The molecule has 7 heteroatoms. The van der Waals surface area contributed by atoms with Crippen molar-refractivity contribution < 1.29 is 4.39 Å². The van der Waals surface area contributed by atoms with E-state index in [0.29, 0.717) is 12.4 Å². The molecule has 20 heavy (non-hydrogen) atoms. The van der Waals surface area contributed by atoms with Crippen LogP contribution in [0.15, 0.2) is 22.7 Å². The molecule has 0 saturated carbocycles. The summed E-state index contributed by atoms with van der Waals surface area (Å²) < 4.78 is 14.3. The van der Waals surface area contributed by atoms with Gasteiger partial charge in [-0.15, -0.1) is 10.2 Å². The quantitative estimate of drug-likeness (QED) is 0.861. The second-order valence-corrected chi connectivity index (χ2v) is 5.94. The van der Waals surface area contributed by atoms with Crippen LogP contribution in [0.3, 0.4) is 0 Å². The van der Waals surface area contributed by atoms with Crippen molar-refractivity contribution in [3.8, 4) is 0 Å². The number of likely N-dealkylation sites (tertiary alicyclic amines) is 1. The molecule has 1 aromatic carbocycles. The molecule has 5 nitrogen and oxygen atoms in total. The van der Waals surface area contributed by atoms with Gasteiger partial charge >= 0.3 is 0 Å². The van der Waals surface area contributed by atoms with E-state index in [9.17, 15) is 4.39 Å². The number of hydrogen-bond donors (Lipinski definition) is 0. The lowest BCUT2D eigenvalue weighted by Crippen LogP contribution is -2.23. The molecule has 0 aliphatic carbocycles. The molecule has 3 rings (SSSR count). The molecule has 0 N–H and O–H groups in total. The van der Waals surface area contributed by atoms with Crippen LogP contribution < -0.4 is 0 Å². The molecule has 0 spiro atoms. The fourth-order valence-electron chi connectivity index (χ4n) is 2.73. The van der Waals surface area contributed by atoms with E-state index >= 15 is 0 Å². The van der Waals surface area contributed by atoms with Gasteiger partial charge in [-0.3, -0.25) is 4.90 Å². The average Bonchev–Trinajstić information content (AvgIpc) is 2.98. The van der Waals surface area contributed by atoms with Crippen LogP contribution in [0, 0.1) is 5.82 Å². The van der Waals surface area contributed by atoms with Crippen molar-refractivity contribution in [3.63, 3.8) is 0 Å². The Morgan fingerprint density at radius 2 is 2.25 bits per heavy atom. The third-order valence-corrected chi connectivity index (χ3v) is 3.99. The summed E-state index contributed by atoms with van der Waals surface area (Å²) in [5, 5.41) is 12.1. The Labute approximate surface area is 124 Å². The van der Waals surface area contributed by atoms with Gasteiger partial charge < -0.3 is 0 Å². The van der Waals surface area contributed by atoms with Crippen molar-refractivity contribution in [2.45, 2.75) is 25.4 Å². The van der Waals surface area contributed by atoms with Crippen molar-refractivity contribution in [2.75, 3.05) is 6.54 Å². The normalized spacial score (nSPS) is 19.6. The summed E-state index contributed by atoms with van der Waals surface area (Å²) in [6.45, 7) is 1.61. The molecule has 1 saturated heterocycles. The number of benzene rings is 1. The number of hydrogen-bond acceptors (Lipinski definition) is 4. The second-order valence-electron chi connectivity index (χ2n) is 5.03. The molecule has 0 amide bonds. The molecular formula is C13H15BrFN5. The smallest absolute Gasteiger partial charge is 0.188 e. The molecule has 1 aliphatic rings. The van der Waals surface area contributed by atoms with E-state index in [4.69, 9.17) is 0 Å². The summed E-state index contributed by atoms with van der Waals surface area (Å²) in [4.78, 5) is 3.73. The van der Waals surface area contributed by atoms with Gasteiger partial charge in [-0.25, -0.2) is 4.39 Å². The zero-order chi connectivity index (χ0) is 14.1. The molecule has 106 valence electrons. The summed E-state index contributed by atoms with van der Waals surface area (Å²) in [7, 11) is 1.75. The molecule has 0 bridgehead atoms. The van der Waals surface area contributed by atoms with Crippen LogP contribution in [0.1, 0.15) is 30.3 Å². The number of aromatic nitrogens is 4. The minimum Gasteiger partial charge on any atom is -0.289 e. The van der Waals surface area contributed by atoms with Gasteiger partial charge in [0.1, 0.15) is 5.82 Å². The minimum absolute atomic E-state index is 0.209. The van der Waals surface area contributed by atoms with Crippen LogP contribution in [0.25, 0.3) is 0 Å². The van der Waals surface area contributed by atoms with E-state index in [0.717, 1.165) is 29.4 Å². The van der Waals surface area contributed by atoms with E-state index in [2.05, 4.69) is 36.2 Å². The van der Waals surface area contributed by atoms with Crippen LogP contribution in [0.2, 0.25) is 0 Å². The number of aryl methyl sites for hydroxylation is 1. The van der Waals surface area contributed by atoms with Crippen molar-refractivity contribution in [1.29, 1.82) is 0 Å². The number of rotatable bonds is 3. The number of nitrogens with zero attached hydrogens (tertiary/aromatic N) is 5. The van der Waals surface area contributed by atoms with E-state index in [-0.39, 0.29) is 11.9 Å². The SMILES string of the molecule is Cn1nnc(CN2CCC[C@@H]2c2cc(F)cc(Br)c2)n1. The van der Waals surface area contributed by atoms with Crippen molar-refractivity contribution in [1.82, 2.24) is 25.1 Å². The lowest BCUT2D eigenvalue weighted by molar-refractivity contribution is 0.241. The lowest BCUT2D eigenvalue weighted by atomic mass is 10.0. The van der Waals surface area contributed by atoms with Gasteiger partial charge in [0.05, 0.1) is 13.6 Å². The molecule has 1 aliphatic heterocycles. The highest BCUT2D eigenvalue weighted by molar-refractivity contribution is 9.10. The van der Waals surface area contributed by atoms with Gasteiger partial charge in [-0.1, -0.05) is 15.9 Å². The Bertz CT molecular complexity index is 594. The van der Waals surface area contributed by atoms with E-state index in [1.807, 2.05) is 6.07 Å². The largest absolute Gasteiger partial charge is 0.289 e. The first-order valence-electron chi connectivity index (χ1n) is 6.55. The van der Waals surface area contributed by atoms with Gasteiger partial charge in [0.15, 0.2) is 5.82 Å². The van der Waals surface area contributed by atoms with Crippen LogP contribution in [0.5, 0.6) is 0 Å². The van der Waals surface area contributed by atoms with Gasteiger partial charge in [-0.2, -0.15) is 4.80 Å². The third kappa shape index (κ3) is 2.88. The van der Waals surface area contributed by atoms with Crippen molar-refractivity contribution in [3.05, 3.63) is 39.9 Å². The van der Waals surface area contributed by atoms with E-state index < -0.39 is 0 Å². The van der Waals surface area contributed by atoms with Gasteiger partial charge in [0, 0.05) is 10.5 Å². The molecular weight excluding hydrogens is 325 g/mol. The first-order chi connectivity index (χ1) is 9.61. The molecule has 2 heterocycles. The Morgan fingerprint density at radius 1 is 1.40 bits per heavy atom. The Hall–Kier alpha value is -1.34. The van der Waals surface area contributed by atoms with Gasteiger partial charge in [0.25, 0.3) is 0 Å². The minimum atomic E-state index is -0.209.